The van der Waals surface area contributed by atoms with E-state index in [1.165, 1.54) is 4.90 Å². The number of nitrogens with zero attached hydrogens (tertiary/aromatic N) is 1. The van der Waals surface area contributed by atoms with E-state index in [1.807, 2.05) is 6.07 Å². The number of ether oxygens (including phenoxy) is 1. The van der Waals surface area contributed by atoms with Crippen molar-refractivity contribution < 1.29 is 19.1 Å². The summed E-state index contributed by atoms with van der Waals surface area (Å²) >= 11 is 0. The van der Waals surface area contributed by atoms with E-state index >= 15 is 0 Å². The normalized spacial score (nSPS) is 12.8. The van der Waals surface area contributed by atoms with Crippen LogP contribution in [0.15, 0.2) is 48.5 Å². The van der Waals surface area contributed by atoms with Gasteiger partial charge < -0.3 is 20.3 Å². The average molecular weight is 339 g/mol. The molecule has 0 atom stereocenters. The van der Waals surface area contributed by atoms with E-state index < -0.39 is 0 Å². The molecule has 3 rings (SSSR count). The summed E-state index contributed by atoms with van der Waals surface area (Å²) in [5, 5.41) is 5.25. The number of hydrogen-bond acceptors (Lipinski definition) is 4. The Hall–Kier alpha value is -3.35. The second-order valence-electron chi connectivity index (χ2n) is 5.52. The Labute approximate surface area is 144 Å². The lowest BCUT2D eigenvalue weighted by Gasteiger charge is -2.26. The molecular formula is C18H17N3O4. The van der Waals surface area contributed by atoms with Gasteiger partial charge in [0.05, 0.1) is 12.2 Å². The summed E-state index contributed by atoms with van der Waals surface area (Å²) in [5.41, 5.74) is 1.66. The van der Waals surface area contributed by atoms with Gasteiger partial charge in [-0.3, -0.25) is 14.4 Å². The third kappa shape index (κ3) is 3.77. The zero-order chi connectivity index (χ0) is 17.8. The highest BCUT2D eigenvalue weighted by Crippen LogP contribution is 2.33. The van der Waals surface area contributed by atoms with Crippen LogP contribution in [0.1, 0.15) is 10.4 Å². The number of hydrogen-bond donors (Lipinski definition) is 2. The molecule has 0 radical (unpaired) electrons. The number of likely N-dealkylation sites (N-methyl/N-ethyl adjacent to an activating group) is 1. The van der Waals surface area contributed by atoms with Crippen molar-refractivity contribution in [3.63, 3.8) is 0 Å². The summed E-state index contributed by atoms with van der Waals surface area (Å²) in [6, 6.07) is 13.7. The van der Waals surface area contributed by atoms with Crippen LogP contribution in [0, 0.1) is 0 Å². The number of carbonyl (C=O) groups excluding carboxylic acids is 3. The summed E-state index contributed by atoms with van der Waals surface area (Å²) in [4.78, 5) is 37.0. The largest absolute Gasteiger partial charge is 0.481 e. The van der Waals surface area contributed by atoms with Gasteiger partial charge in [-0.1, -0.05) is 18.2 Å². The van der Waals surface area contributed by atoms with Crippen molar-refractivity contribution in [2.75, 3.05) is 30.4 Å². The predicted octanol–water partition coefficient (Wildman–Crippen LogP) is 1.41. The van der Waals surface area contributed by atoms with Gasteiger partial charge >= 0.3 is 0 Å². The Balaban J connectivity index is 1.58. The molecule has 0 aromatic heterocycles. The SMILES string of the molecule is CN1C(=O)COc2cc(NC(=O)CNC(=O)c3ccccc3)ccc21. The molecule has 3 amide bonds. The highest BCUT2D eigenvalue weighted by atomic mass is 16.5. The Morgan fingerprint density at radius 2 is 1.92 bits per heavy atom. The van der Waals surface area contributed by atoms with Crippen LogP contribution in [0.3, 0.4) is 0 Å². The number of anilines is 2. The predicted molar refractivity (Wildman–Crippen MR) is 92.8 cm³/mol. The molecule has 0 fully saturated rings. The molecule has 7 heteroatoms. The van der Waals surface area contributed by atoms with Gasteiger partial charge in [0.1, 0.15) is 5.75 Å². The fourth-order valence-corrected chi connectivity index (χ4v) is 2.41. The van der Waals surface area contributed by atoms with Crippen LogP contribution in [0.25, 0.3) is 0 Å². The molecule has 0 saturated carbocycles. The fourth-order valence-electron chi connectivity index (χ4n) is 2.41. The van der Waals surface area contributed by atoms with Crippen LogP contribution in [-0.4, -0.2) is 37.9 Å². The first-order valence-corrected chi connectivity index (χ1v) is 7.71. The van der Waals surface area contributed by atoms with Gasteiger partial charge in [0.2, 0.25) is 5.91 Å². The average Bonchev–Trinajstić information content (AvgIpc) is 2.63. The van der Waals surface area contributed by atoms with E-state index in [0.29, 0.717) is 22.7 Å². The third-order valence-corrected chi connectivity index (χ3v) is 3.78. The number of amides is 3. The Morgan fingerprint density at radius 1 is 1.16 bits per heavy atom. The van der Waals surface area contributed by atoms with E-state index in [0.717, 1.165) is 0 Å². The lowest BCUT2D eigenvalue weighted by molar-refractivity contribution is -0.121. The lowest BCUT2D eigenvalue weighted by Crippen LogP contribution is -2.35. The Bertz CT molecular complexity index is 820. The highest BCUT2D eigenvalue weighted by molar-refractivity contribution is 6.00. The zero-order valence-electron chi connectivity index (χ0n) is 13.6. The van der Waals surface area contributed by atoms with Gasteiger partial charge in [0, 0.05) is 24.4 Å². The molecule has 1 heterocycles. The summed E-state index contributed by atoms with van der Waals surface area (Å²) in [5.74, 6) is -0.282. The van der Waals surface area contributed by atoms with E-state index in [4.69, 9.17) is 4.74 Å². The highest BCUT2D eigenvalue weighted by Gasteiger charge is 2.22. The van der Waals surface area contributed by atoms with Gasteiger partial charge in [-0.05, 0) is 24.3 Å². The minimum Gasteiger partial charge on any atom is -0.481 e. The van der Waals surface area contributed by atoms with Crippen molar-refractivity contribution in [2.24, 2.45) is 0 Å². The van der Waals surface area contributed by atoms with Crippen molar-refractivity contribution in [2.45, 2.75) is 0 Å². The third-order valence-electron chi connectivity index (χ3n) is 3.78. The maximum Gasteiger partial charge on any atom is 0.264 e. The van der Waals surface area contributed by atoms with Crippen LogP contribution in [0.5, 0.6) is 5.75 Å². The monoisotopic (exact) mass is 339 g/mol. The Morgan fingerprint density at radius 3 is 2.68 bits per heavy atom. The molecular weight excluding hydrogens is 322 g/mol. The van der Waals surface area contributed by atoms with Crippen LogP contribution >= 0.6 is 0 Å². The molecule has 2 aromatic rings. The van der Waals surface area contributed by atoms with Crippen LogP contribution < -0.4 is 20.3 Å². The maximum absolute atomic E-state index is 12.0. The van der Waals surface area contributed by atoms with E-state index in [9.17, 15) is 14.4 Å². The number of carbonyl (C=O) groups is 3. The molecule has 1 aliphatic rings. The van der Waals surface area contributed by atoms with Crippen molar-refractivity contribution in [1.82, 2.24) is 5.32 Å². The van der Waals surface area contributed by atoms with Crippen molar-refractivity contribution in [3.8, 4) is 5.75 Å². The topological polar surface area (TPSA) is 87.7 Å². The quantitative estimate of drug-likeness (QED) is 0.882. The molecule has 0 aliphatic carbocycles. The number of nitrogens with one attached hydrogen (secondary N) is 2. The van der Waals surface area contributed by atoms with E-state index in [2.05, 4.69) is 10.6 Å². The first-order valence-electron chi connectivity index (χ1n) is 7.71. The second-order valence-corrected chi connectivity index (χ2v) is 5.52. The molecule has 0 spiro atoms. The zero-order valence-corrected chi connectivity index (χ0v) is 13.6. The Kier molecular flexibility index (Phi) is 4.65. The molecule has 25 heavy (non-hydrogen) atoms. The summed E-state index contributed by atoms with van der Waals surface area (Å²) < 4.78 is 5.37. The first kappa shape index (κ1) is 16.5. The molecule has 128 valence electrons. The minimum absolute atomic E-state index is 0.0337. The fraction of sp³-hybridized carbons (Fsp3) is 0.167. The van der Waals surface area contributed by atoms with Gasteiger partial charge in [-0.15, -0.1) is 0 Å². The van der Waals surface area contributed by atoms with Crippen molar-refractivity contribution in [1.29, 1.82) is 0 Å². The summed E-state index contributed by atoms with van der Waals surface area (Å²) in [6.45, 7) is -0.182. The van der Waals surface area contributed by atoms with Crippen molar-refractivity contribution in [3.05, 3.63) is 54.1 Å². The van der Waals surface area contributed by atoms with E-state index in [1.54, 1.807) is 49.5 Å². The first-order chi connectivity index (χ1) is 12.0. The molecule has 2 aromatic carbocycles. The van der Waals surface area contributed by atoms with Crippen LogP contribution in [0.2, 0.25) is 0 Å². The second kappa shape index (κ2) is 7.04. The lowest BCUT2D eigenvalue weighted by atomic mass is 10.2. The minimum atomic E-state index is -0.357. The maximum atomic E-state index is 12.0. The molecule has 1 aliphatic heterocycles. The molecule has 0 bridgehead atoms. The van der Waals surface area contributed by atoms with E-state index in [-0.39, 0.29) is 30.9 Å². The van der Waals surface area contributed by atoms with Gasteiger partial charge in [-0.2, -0.15) is 0 Å². The van der Waals surface area contributed by atoms with Gasteiger partial charge in [0.15, 0.2) is 6.61 Å². The summed E-state index contributed by atoms with van der Waals surface area (Å²) in [6.07, 6.45) is 0. The number of benzene rings is 2. The number of rotatable bonds is 4. The van der Waals surface area contributed by atoms with Gasteiger partial charge in [-0.25, -0.2) is 0 Å². The van der Waals surface area contributed by atoms with Crippen LogP contribution in [-0.2, 0) is 9.59 Å². The van der Waals surface area contributed by atoms with Gasteiger partial charge in [0.25, 0.3) is 11.8 Å². The molecule has 7 nitrogen and oxygen atoms in total. The molecule has 2 N–H and O–H groups in total. The van der Waals surface area contributed by atoms with Crippen molar-refractivity contribution >= 4 is 29.1 Å². The molecule has 0 unspecified atom stereocenters. The smallest absolute Gasteiger partial charge is 0.264 e. The standard InChI is InChI=1S/C18H17N3O4/c1-21-14-8-7-13(9-15(14)25-11-17(21)23)20-16(22)10-19-18(24)12-5-3-2-4-6-12/h2-9H,10-11H2,1H3,(H,19,24)(H,20,22). The summed E-state index contributed by atoms with van der Waals surface area (Å²) in [7, 11) is 1.67. The number of fused-ring (bicyclic) bond motifs is 1. The molecule has 0 saturated heterocycles. The van der Waals surface area contributed by atoms with Crippen LogP contribution in [0.4, 0.5) is 11.4 Å².